The van der Waals surface area contributed by atoms with E-state index in [-0.39, 0.29) is 47.1 Å². The maximum absolute atomic E-state index is 12.6. The standard InChI is InChI=1S/C13H19N3O4S.ClH/c1-8-6-16(7-11(8)14)21(18,19)9-3-4-12(20-2)10(5-9)13(15)17;/h3-5,8,11H,6-7,14H2,1-2H3,(H2,15,17);1H. The van der Waals surface area contributed by atoms with Crippen LogP contribution in [-0.2, 0) is 10.0 Å². The number of carbonyl (C=O) groups is 1. The highest BCUT2D eigenvalue weighted by atomic mass is 35.5. The van der Waals surface area contributed by atoms with E-state index in [9.17, 15) is 13.2 Å². The van der Waals surface area contributed by atoms with Crippen molar-refractivity contribution in [3.63, 3.8) is 0 Å². The molecule has 4 N–H and O–H groups in total. The van der Waals surface area contributed by atoms with Gasteiger partial charge in [-0.15, -0.1) is 12.4 Å². The third-order valence-corrected chi connectivity index (χ3v) is 5.54. The molecule has 1 aliphatic rings. The molecule has 1 aromatic carbocycles. The molecule has 1 fully saturated rings. The second-order valence-corrected chi connectivity index (χ2v) is 7.13. The monoisotopic (exact) mass is 349 g/mol. The van der Waals surface area contributed by atoms with Crippen molar-refractivity contribution >= 4 is 28.3 Å². The van der Waals surface area contributed by atoms with Gasteiger partial charge < -0.3 is 16.2 Å². The number of methoxy groups -OCH3 is 1. The minimum atomic E-state index is -3.70. The van der Waals surface area contributed by atoms with Crippen LogP contribution in [0.5, 0.6) is 5.75 Å². The predicted octanol–water partition coefficient (Wildman–Crippen LogP) is 0.184. The lowest BCUT2D eigenvalue weighted by molar-refractivity contribution is 0.0997. The fourth-order valence-electron chi connectivity index (χ4n) is 2.33. The molecule has 0 aromatic heterocycles. The summed E-state index contributed by atoms with van der Waals surface area (Å²) in [4.78, 5) is 11.4. The molecule has 0 bridgehead atoms. The lowest BCUT2D eigenvalue weighted by Gasteiger charge is -2.17. The maximum Gasteiger partial charge on any atom is 0.252 e. The zero-order valence-electron chi connectivity index (χ0n) is 12.4. The molecular formula is C13H20ClN3O4S. The third-order valence-electron chi connectivity index (χ3n) is 3.71. The average molecular weight is 350 g/mol. The van der Waals surface area contributed by atoms with Gasteiger partial charge in [0.1, 0.15) is 5.75 Å². The molecule has 0 saturated carbocycles. The number of halogens is 1. The quantitative estimate of drug-likeness (QED) is 0.804. The van der Waals surface area contributed by atoms with Gasteiger partial charge in [-0.1, -0.05) is 6.92 Å². The topological polar surface area (TPSA) is 116 Å². The molecule has 22 heavy (non-hydrogen) atoms. The normalized spacial score (nSPS) is 22.1. The van der Waals surface area contributed by atoms with E-state index >= 15 is 0 Å². The van der Waals surface area contributed by atoms with E-state index in [2.05, 4.69) is 0 Å². The van der Waals surface area contributed by atoms with Crippen molar-refractivity contribution < 1.29 is 17.9 Å². The Kier molecular flexibility index (Phi) is 5.80. The van der Waals surface area contributed by atoms with E-state index in [1.165, 1.54) is 29.6 Å². The van der Waals surface area contributed by atoms with Gasteiger partial charge in [0.2, 0.25) is 10.0 Å². The Morgan fingerprint density at radius 3 is 2.45 bits per heavy atom. The average Bonchev–Trinajstić information content (AvgIpc) is 2.78. The molecule has 1 amide bonds. The van der Waals surface area contributed by atoms with Crippen molar-refractivity contribution in [2.24, 2.45) is 17.4 Å². The minimum absolute atomic E-state index is 0. The molecule has 0 radical (unpaired) electrons. The van der Waals surface area contributed by atoms with Crippen LogP contribution in [0.3, 0.4) is 0 Å². The number of benzene rings is 1. The van der Waals surface area contributed by atoms with Crippen LogP contribution in [0.25, 0.3) is 0 Å². The Balaban J connectivity index is 0.00000242. The van der Waals surface area contributed by atoms with Gasteiger partial charge in [-0.25, -0.2) is 8.42 Å². The summed E-state index contributed by atoms with van der Waals surface area (Å²) in [6.07, 6.45) is 0. The van der Waals surface area contributed by atoms with Gasteiger partial charge in [0.25, 0.3) is 5.91 Å². The zero-order chi connectivity index (χ0) is 15.8. The number of carbonyl (C=O) groups excluding carboxylic acids is 1. The number of nitrogens with two attached hydrogens (primary N) is 2. The molecule has 1 aromatic rings. The number of primary amides is 1. The highest BCUT2D eigenvalue weighted by molar-refractivity contribution is 7.89. The highest BCUT2D eigenvalue weighted by Gasteiger charge is 2.35. The first-order valence-corrected chi connectivity index (χ1v) is 7.95. The second-order valence-electron chi connectivity index (χ2n) is 5.19. The van der Waals surface area contributed by atoms with Crippen molar-refractivity contribution in [1.82, 2.24) is 4.31 Å². The molecule has 7 nitrogen and oxygen atoms in total. The Bertz CT molecular complexity index is 655. The van der Waals surface area contributed by atoms with Gasteiger partial charge in [-0.3, -0.25) is 4.79 Å². The van der Waals surface area contributed by atoms with E-state index in [0.717, 1.165) is 0 Å². The van der Waals surface area contributed by atoms with Gasteiger partial charge in [0, 0.05) is 19.1 Å². The third kappa shape index (κ3) is 3.35. The Hall–Kier alpha value is -1.35. The lowest BCUT2D eigenvalue weighted by atomic mass is 10.1. The van der Waals surface area contributed by atoms with Crippen LogP contribution in [0.2, 0.25) is 0 Å². The number of hydrogen-bond donors (Lipinski definition) is 2. The molecule has 2 unspecified atom stereocenters. The van der Waals surface area contributed by atoms with Crippen LogP contribution in [0.1, 0.15) is 17.3 Å². The van der Waals surface area contributed by atoms with Gasteiger partial charge in [0.15, 0.2) is 0 Å². The summed E-state index contributed by atoms with van der Waals surface area (Å²) in [6.45, 7) is 2.53. The fourth-order valence-corrected chi connectivity index (χ4v) is 3.94. The summed E-state index contributed by atoms with van der Waals surface area (Å²) >= 11 is 0. The van der Waals surface area contributed by atoms with Crippen molar-refractivity contribution in [2.45, 2.75) is 17.9 Å². The largest absolute Gasteiger partial charge is 0.496 e. The van der Waals surface area contributed by atoms with Gasteiger partial charge in [-0.2, -0.15) is 4.31 Å². The molecule has 0 aliphatic carbocycles. The van der Waals surface area contributed by atoms with Crippen LogP contribution < -0.4 is 16.2 Å². The van der Waals surface area contributed by atoms with Crippen LogP contribution in [0.15, 0.2) is 23.1 Å². The summed E-state index contributed by atoms with van der Waals surface area (Å²) in [7, 11) is -2.31. The first-order valence-electron chi connectivity index (χ1n) is 6.51. The number of amides is 1. The molecule has 1 heterocycles. The summed E-state index contributed by atoms with van der Waals surface area (Å²) in [5, 5.41) is 0. The van der Waals surface area contributed by atoms with E-state index in [4.69, 9.17) is 16.2 Å². The minimum Gasteiger partial charge on any atom is -0.496 e. The lowest BCUT2D eigenvalue weighted by Crippen LogP contribution is -2.32. The van der Waals surface area contributed by atoms with Crippen molar-refractivity contribution in [2.75, 3.05) is 20.2 Å². The molecular weight excluding hydrogens is 330 g/mol. The summed E-state index contributed by atoms with van der Waals surface area (Å²) < 4.78 is 31.5. The molecule has 2 rings (SSSR count). The molecule has 1 saturated heterocycles. The summed E-state index contributed by atoms with van der Waals surface area (Å²) in [5.74, 6) is -0.406. The maximum atomic E-state index is 12.6. The first kappa shape index (κ1) is 18.7. The Morgan fingerprint density at radius 2 is 2.00 bits per heavy atom. The van der Waals surface area contributed by atoms with Gasteiger partial charge in [0.05, 0.1) is 17.6 Å². The Morgan fingerprint density at radius 1 is 1.36 bits per heavy atom. The fraction of sp³-hybridized carbons (Fsp3) is 0.462. The number of rotatable bonds is 4. The molecule has 124 valence electrons. The van der Waals surface area contributed by atoms with Crippen LogP contribution in [0.4, 0.5) is 0 Å². The second kappa shape index (κ2) is 6.82. The van der Waals surface area contributed by atoms with E-state index in [1.54, 1.807) is 0 Å². The van der Waals surface area contributed by atoms with Crippen LogP contribution in [-0.4, -0.2) is 44.9 Å². The van der Waals surface area contributed by atoms with Gasteiger partial charge >= 0.3 is 0 Å². The van der Waals surface area contributed by atoms with Crippen molar-refractivity contribution in [3.8, 4) is 5.75 Å². The number of nitrogens with zero attached hydrogens (tertiary/aromatic N) is 1. The number of sulfonamides is 1. The van der Waals surface area contributed by atoms with E-state index in [1.807, 2.05) is 6.92 Å². The highest BCUT2D eigenvalue weighted by Crippen LogP contribution is 2.27. The zero-order valence-corrected chi connectivity index (χ0v) is 14.0. The van der Waals surface area contributed by atoms with E-state index in [0.29, 0.717) is 6.54 Å². The molecule has 9 heteroatoms. The van der Waals surface area contributed by atoms with Gasteiger partial charge in [-0.05, 0) is 24.1 Å². The van der Waals surface area contributed by atoms with Crippen LogP contribution in [0, 0.1) is 5.92 Å². The molecule has 2 atom stereocenters. The smallest absolute Gasteiger partial charge is 0.252 e. The Labute approximate surface area is 136 Å². The predicted molar refractivity (Wildman–Crippen MR) is 84.7 cm³/mol. The first-order chi connectivity index (χ1) is 9.77. The summed E-state index contributed by atoms with van der Waals surface area (Å²) in [5.41, 5.74) is 11.2. The number of ether oxygens (including phenoxy) is 1. The van der Waals surface area contributed by atoms with Crippen molar-refractivity contribution in [1.29, 1.82) is 0 Å². The SMILES string of the molecule is COc1ccc(S(=O)(=O)N2CC(C)C(N)C2)cc1C(N)=O.Cl. The van der Waals surface area contributed by atoms with E-state index < -0.39 is 15.9 Å². The van der Waals surface area contributed by atoms with Crippen LogP contribution >= 0.6 is 12.4 Å². The molecule has 0 spiro atoms. The summed E-state index contributed by atoms with van der Waals surface area (Å²) in [6, 6.07) is 3.88. The van der Waals surface area contributed by atoms with Crippen molar-refractivity contribution in [3.05, 3.63) is 23.8 Å². The molecule has 1 aliphatic heterocycles. The number of hydrogen-bond acceptors (Lipinski definition) is 5.